The number of hydrogen-bond donors (Lipinski definition) is 0. The van der Waals surface area contributed by atoms with E-state index in [1.165, 1.54) is 4.31 Å². The molecule has 6 nitrogen and oxygen atoms in total. The van der Waals surface area contributed by atoms with Crippen LogP contribution < -0.4 is 9.47 Å². The highest BCUT2D eigenvalue weighted by molar-refractivity contribution is 7.88. The van der Waals surface area contributed by atoms with Crippen molar-refractivity contribution < 1.29 is 17.9 Å². The van der Waals surface area contributed by atoms with E-state index in [1.54, 1.807) is 18.2 Å². The minimum absolute atomic E-state index is 0.187. The first-order chi connectivity index (χ1) is 13.4. The molecule has 0 bridgehead atoms. The molecule has 2 aromatic carbocycles. The Morgan fingerprint density at radius 2 is 1.61 bits per heavy atom. The van der Waals surface area contributed by atoms with Crippen LogP contribution in [-0.2, 0) is 22.3 Å². The molecule has 150 valence electrons. The van der Waals surface area contributed by atoms with Gasteiger partial charge in [0.05, 0.1) is 5.75 Å². The zero-order valence-corrected chi connectivity index (χ0v) is 17.4. The summed E-state index contributed by atoms with van der Waals surface area (Å²) in [6, 6.07) is 10.9. The van der Waals surface area contributed by atoms with Gasteiger partial charge in [0.25, 0.3) is 0 Å². The molecule has 1 saturated heterocycles. The van der Waals surface area contributed by atoms with E-state index in [-0.39, 0.29) is 12.5 Å². The zero-order valence-electron chi connectivity index (χ0n) is 15.1. The normalized spacial score (nSPS) is 17.8. The van der Waals surface area contributed by atoms with E-state index in [2.05, 4.69) is 4.90 Å². The van der Waals surface area contributed by atoms with Gasteiger partial charge in [0.2, 0.25) is 16.8 Å². The van der Waals surface area contributed by atoms with Crippen molar-refractivity contribution >= 4 is 33.2 Å². The molecule has 0 aromatic heterocycles. The molecular formula is C19H20Cl2N2O4S. The number of ether oxygens (including phenoxy) is 2. The predicted octanol–water partition coefficient (Wildman–Crippen LogP) is 3.37. The van der Waals surface area contributed by atoms with Crippen LogP contribution in [0, 0.1) is 0 Å². The SMILES string of the molecule is O=S(=O)(Cc1c(Cl)cccc1Cl)N1CCN(Cc2ccc3c(c2)OCO3)CC1. The van der Waals surface area contributed by atoms with Crippen LogP contribution in [0.25, 0.3) is 0 Å². The monoisotopic (exact) mass is 442 g/mol. The average Bonchev–Trinajstić information content (AvgIpc) is 3.13. The van der Waals surface area contributed by atoms with Gasteiger partial charge in [-0.3, -0.25) is 4.90 Å². The van der Waals surface area contributed by atoms with Crippen LogP contribution in [0.2, 0.25) is 10.0 Å². The lowest BCUT2D eigenvalue weighted by atomic mass is 10.2. The van der Waals surface area contributed by atoms with E-state index in [0.717, 1.165) is 23.6 Å². The van der Waals surface area contributed by atoms with Crippen molar-refractivity contribution in [2.75, 3.05) is 33.0 Å². The standard InChI is InChI=1S/C19H20Cl2N2O4S/c20-16-2-1-3-17(21)15(16)12-28(24,25)23-8-6-22(7-9-23)11-14-4-5-18-19(10-14)27-13-26-18/h1-5,10H,6-9,11-13H2. The minimum Gasteiger partial charge on any atom is -0.454 e. The number of piperazine rings is 1. The third kappa shape index (κ3) is 4.23. The molecule has 4 rings (SSSR count). The molecule has 0 spiro atoms. The van der Waals surface area contributed by atoms with Gasteiger partial charge < -0.3 is 9.47 Å². The van der Waals surface area contributed by atoms with Crippen molar-refractivity contribution in [2.45, 2.75) is 12.3 Å². The minimum atomic E-state index is -3.48. The molecule has 1 fully saturated rings. The van der Waals surface area contributed by atoms with Crippen LogP contribution in [0.15, 0.2) is 36.4 Å². The molecule has 0 amide bonds. The number of nitrogens with zero attached hydrogens (tertiary/aromatic N) is 2. The van der Waals surface area contributed by atoms with Crippen molar-refractivity contribution in [3.63, 3.8) is 0 Å². The molecule has 2 aromatic rings. The number of hydrogen-bond acceptors (Lipinski definition) is 5. The van der Waals surface area contributed by atoms with Gasteiger partial charge in [-0.25, -0.2) is 8.42 Å². The molecule has 0 saturated carbocycles. The predicted molar refractivity (Wildman–Crippen MR) is 109 cm³/mol. The van der Waals surface area contributed by atoms with E-state index >= 15 is 0 Å². The fourth-order valence-electron chi connectivity index (χ4n) is 3.41. The van der Waals surface area contributed by atoms with Crippen LogP contribution in [0.4, 0.5) is 0 Å². The van der Waals surface area contributed by atoms with Crippen molar-refractivity contribution in [1.29, 1.82) is 0 Å². The Balaban J connectivity index is 1.37. The van der Waals surface area contributed by atoms with Crippen LogP contribution in [-0.4, -0.2) is 50.6 Å². The van der Waals surface area contributed by atoms with Crippen LogP contribution >= 0.6 is 23.2 Å². The van der Waals surface area contributed by atoms with Crippen molar-refractivity contribution in [1.82, 2.24) is 9.21 Å². The van der Waals surface area contributed by atoms with Gasteiger partial charge in [0.15, 0.2) is 11.5 Å². The van der Waals surface area contributed by atoms with Gasteiger partial charge in [0, 0.05) is 48.3 Å². The lowest BCUT2D eigenvalue weighted by molar-refractivity contribution is 0.173. The molecule has 0 aliphatic carbocycles. The number of fused-ring (bicyclic) bond motifs is 1. The molecule has 0 radical (unpaired) electrons. The lowest BCUT2D eigenvalue weighted by Gasteiger charge is -2.34. The first-order valence-electron chi connectivity index (χ1n) is 8.94. The largest absolute Gasteiger partial charge is 0.454 e. The van der Waals surface area contributed by atoms with E-state index in [0.29, 0.717) is 41.8 Å². The van der Waals surface area contributed by atoms with Crippen molar-refractivity contribution in [2.24, 2.45) is 0 Å². The average molecular weight is 443 g/mol. The fourth-order valence-corrected chi connectivity index (χ4v) is 5.67. The molecule has 0 N–H and O–H groups in total. The smallest absolute Gasteiger partial charge is 0.231 e. The second-order valence-electron chi connectivity index (χ2n) is 6.82. The third-order valence-corrected chi connectivity index (χ3v) is 7.47. The topological polar surface area (TPSA) is 59.1 Å². The molecular weight excluding hydrogens is 423 g/mol. The second-order valence-corrected chi connectivity index (χ2v) is 9.60. The highest BCUT2D eigenvalue weighted by Gasteiger charge is 2.28. The molecule has 0 unspecified atom stereocenters. The summed E-state index contributed by atoms with van der Waals surface area (Å²) in [4.78, 5) is 2.23. The Morgan fingerprint density at radius 3 is 2.32 bits per heavy atom. The lowest BCUT2D eigenvalue weighted by Crippen LogP contribution is -2.48. The van der Waals surface area contributed by atoms with Crippen LogP contribution in [0.5, 0.6) is 11.5 Å². The van der Waals surface area contributed by atoms with Gasteiger partial charge >= 0.3 is 0 Å². The molecule has 2 heterocycles. The first kappa shape index (κ1) is 19.8. The number of benzene rings is 2. The van der Waals surface area contributed by atoms with Crippen molar-refractivity contribution in [3.05, 3.63) is 57.6 Å². The highest BCUT2D eigenvalue weighted by atomic mass is 35.5. The van der Waals surface area contributed by atoms with E-state index in [9.17, 15) is 8.42 Å². The summed E-state index contributed by atoms with van der Waals surface area (Å²) < 4.78 is 37.9. The third-order valence-electron chi connectivity index (χ3n) is 4.96. The first-order valence-corrected chi connectivity index (χ1v) is 11.3. The quantitative estimate of drug-likeness (QED) is 0.710. The summed E-state index contributed by atoms with van der Waals surface area (Å²) in [5.41, 5.74) is 1.57. The summed E-state index contributed by atoms with van der Waals surface area (Å²) in [6.07, 6.45) is 0. The number of sulfonamides is 1. The molecule has 28 heavy (non-hydrogen) atoms. The summed E-state index contributed by atoms with van der Waals surface area (Å²) in [5, 5.41) is 0.745. The Labute approximate surface area is 174 Å². The fraction of sp³-hybridized carbons (Fsp3) is 0.368. The Morgan fingerprint density at radius 1 is 0.929 bits per heavy atom. The summed E-state index contributed by atoms with van der Waals surface area (Å²) in [6.45, 7) is 3.18. The number of rotatable bonds is 5. The maximum Gasteiger partial charge on any atom is 0.231 e. The van der Waals surface area contributed by atoms with Gasteiger partial charge in [-0.15, -0.1) is 0 Å². The zero-order chi connectivity index (χ0) is 19.7. The second kappa shape index (κ2) is 8.08. The van der Waals surface area contributed by atoms with Crippen molar-refractivity contribution in [3.8, 4) is 11.5 Å². The van der Waals surface area contributed by atoms with Crippen LogP contribution in [0.3, 0.4) is 0 Å². The highest BCUT2D eigenvalue weighted by Crippen LogP contribution is 2.33. The molecule has 2 aliphatic heterocycles. The van der Waals surface area contributed by atoms with E-state index < -0.39 is 10.0 Å². The maximum atomic E-state index is 12.8. The van der Waals surface area contributed by atoms with Crippen LogP contribution in [0.1, 0.15) is 11.1 Å². The summed E-state index contributed by atoms with van der Waals surface area (Å²) in [7, 11) is -3.48. The Hall–Kier alpha value is -1.51. The summed E-state index contributed by atoms with van der Waals surface area (Å²) >= 11 is 12.3. The summed E-state index contributed by atoms with van der Waals surface area (Å²) in [5.74, 6) is 1.33. The molecule has 0 atom stereocenters. The van der Waals surface area contributed by atoms with Gasteiger partial charge in [-0.05, 0) is 29.8 Å². The van der Waals surface area contributed by atoms with Gasteiger partial charge in [-0.1, -0.05) is 35.3 Å². The molecule has 9 heteroatoms. The Kier molecular flexibility index (Phi) is 5.71. The van der Waals surface area contributed by atoms with E-state index in [1.807, 2.05) is 18.2 Å². The number of halogens is 2. The van der Waals surface area contributed by atoms with Gasteiger partial charge in [-0.2, -0.15) is 4.31 Å². The van der Waals surface area contributed by atoms with Gasteiger partial charge in [0.1, 0.15) is 0 Å². The molecule has 2 aliphatic rings. The Bertz CT molecular complexity index is 956. The maximum absolute atomic E-state index is 12.8. The van der Waals surface area contributed by atoms with E-state index in [4.69, 9.17) is 32.7 Å².